The lowest BCUT2D eigenvalue weighted by Gasteiger charge is -2.42. The molecular formula is C19H25N3O3S. The fourth-order valence-electron chi connectivity index (χ4n) is 4.46. The van der Waals surface area contributed by atoms with Gasteiger partial charge in [-0.15, -0.1) is 0 Å². The molecule has 1 aromatic heterocycles. The number of hydrogen-bond donors (Lipinski definition) is 1. The number of likely N-dealkylation sites (N-methyl/N-ethyl adjacent to an activating group) is 1. The maximum atomic E-state index is 12.6. The number of nitrogens with zero attached hydrogens (tertiary/aromatic N) is 2. The van der Waals surface area contributed by atoms with Crippen molar-refractivity contribution in [3.63, 3.8) is 0 Å². The van der Waals surface area contributed by atoms with Gasteiger partial charge in [-0.2, -0.15) is 0 Å². The Morgan fingerprint density at radius 2 is 1.85 bits per heavy atom. The molecule has 140 valence electrons. The lowest BCUT2D eigenvalue weighted by Crippen LogP contribution is -2.57. The monoisotopic (exact) mass is 375 g/mol. The first kappa shape index (κ1) is 17.7. The van der Waals surface area contributed by atoms with Crippen molar-refractivity contribution < 1.29 is 8.42 Å². The second-order valence-corrected chi connectivity index (χ2v) is 9.99. The topological polar surface area (TPSA) is 73.5 Å². The Hall–Kier alpha value is -1.70. The standard InChI is InChI=1S/C19H25N3O3S/c1-12-6-13(2)18-14(7-12)8-15(19(23)20-18)9-22-5-4-21(3)16-10-26(24,25)11-17(16)22/h6-8,16-17H,4-5,9-11H2,1-3H3,(H,20,23)/t16-,17+/m1/s1. The quantitative estimate of drug-likeness (QED) is 0.850. The summed E-state index contributed by atoms with van der Waals surface area (Å²) in [6, 6.07) is 6.09. The minimum atomic E-state index is -3.01. The Kier molecular flexibility index (Phi) is 4.21. The van der Waals surface area contributed by atoms with Gasteiger partial charge in [-0.05, 0) is 44.0 Å². The van der Waals surface area contributed by atoms with Crippen molar-refractivity contribution in [2.75, 3.05) is 31.6 Å². The highest BCUT2D eigenvalue weighted by Gasteiger charge is 2.45. The molecule has 4 rings (SSSR count). The van der Waals surface area contributed by atoms with Gasteiger partial charge in [-0.1, -0.05) is 11.6 Å². The molecule has 2 saturated heterocycles. The minimum Gasteiger partial charge on any atom is -0.321 e. The molecule has 2 aliphatic heterocycles. The third-order valence-corrected chi connectivity index (χ3v) is 7.51. The van der Waals surface area contributed by atoms with Crippen LogP contribution >= 0.6 is 0 Å². The van der Waals surface area contributed by atoms with Crippen molar-refractivity contribution >= 4 is 20.7 Å². The predicted octanol–water partition coefficient (Wildman–Crippen LogP) is 1.06. The van der Waals surface area contributed by atoms with E-state index in [1.54, 1.807) is 0 Å². The molecule has 3 heterocycles. The second-order valence-electron chi connectivity index (χ2n) is 7.83. The molecule has 2 fully saturated rings. The highest BCUT2D eigenvalue weighted by molar-refractivity contribution is 7.91. The molecule has 26 heavy (non-hydrogen) atoms. The highest BCUT2D eigenvalue weighted by Crippen LogP contribution is 2.27. The molecule has 0 aliphatic carbocycles. The van der Waals surface area contributed by atoms with Crippen molar-refractivity contribution in [2.45, 2.75) is 32.5 Å². The van der Waals surface area contributed by atoms with E-state index in [1.807, 2.05) is 27.0 Å². The van der Waals surface area contributed by atoms with Crippen LogP contribution in [-0.4, -0.2) is 66.9 Å². The lowest BCUT2D eigenvalue weighted by atomic mass is 10.0. The van der Waals surface area contributed by atoms with Gasteiger partial charge in [-0.3, -0.25) is 14.6 Å². The van der Waals surface area contributed by atoms with E-state index in [4.69, 9.17) is 0 Å². The van der Waals surface area contributed by atoms with E-state index in [0.717, 1.165) is 35.1 Å². The maximum Gasteiger partial charge on any atom is 0.252 e. The number of fused-ring (bicyclic) bond motifs is 2. The van der Waals surface area contributed by atoms with Crippen LogP contribution < -0.4 is 5.56 Å². The van der Waals surface area contributed by atoms with E-state index in [2.05, 4.69) is 26.9 Å². The van der Waals surface area contributed by atoms with Gasteiger partial charge in [0.1, 0.15) is 0 Å². The van der Waals surface area contributed by atoms with Crippen molar-refractivity contribution in [1.82, 2.24) is 14.8 Å². The van der Waals surface area contributed by atoms with E-state index in [1.165, 1.54) is 0 Å². The average molecular weight is 375 g/mol. The van der Waals surface area contributed by atoms with E-state index < -0.39 is 9.84 Å². The highest BCUT2D eigenvalue weighted by atomic mass is 32.2. The van der Waals surface area contributed by atoms with Crippen molar-refractivity contribution in [3.8, 4) is 0 Å². The van der Waals surface area contributed by atoms with Gasteiger partial charge >= 0.3 is 0 Å². The molecule has 2 atom stereocenters. The number of aromatic amines is 1. The zero-order chi connectivity index (χ0) is 18.6. The van der Waals surface area contributed by atoms with E-state index in [-0.39, 0.29) is 29.1 Å². The first-order valence-corrected chi connectivity index (χ1v) is 10.8. The number of nitrogens with one attached hydrogen (secondary N) is 1. The number of H-pyrrole nitrogens is 1. The third kappa shape index (κ3) is 3.08. The van der Waals surface area contributed by atoms with Crippen LogP contribution in [0.2, 0.25) is 0 Å². The van der Waals surface area contributed by atoms with Crippen LogP contribution in [-0.2, 0) is 16.4 Å². The van der Waals surface area contributed by atoms with Crippen LogP contribution in [0.25, 0.3) is 10.9 Å². The van der Waals surface area contributed by atoms with E-state index in [9.17, 15) is 13.2 Å². The first-order chi connectivity index (χ1) is 12.2. The summed E-state index contributed by atoms with van der Waals surface area (Å²) in [5.74, 6) is 0.406. The normalized spacial score (nSPS) is 26.3. The smallest absolute Gasteiger partial charge is 0.252 e. The summed E-state index contributed by atoms with van der Waals surface area (Å²) in [7, 11) is -1.02. The van der Waals surface area contributed by atoms with Gasteiger partial charge in [0.25, 0.3) is 5.56 Å². The van der Waals surface area contributed by atoms with Crippen LogP contribution in [0.3, 0.4) is 0 Å². The Balaban J connectivity index is 1.69. The number of benzene rings is 1. The number of pyridine rings is 1. The van der Waals surface area contributed by atoms with Gasteiger partial charge in [0, 0.05) is 37.3 Å². The SMILES string of the molecule is Cc1cc(C)c2[nH]c(=O)c(CN3CCN(C)[C@@H]4CS(=O)(=O)C[C@@H]43)cc2c1. The summed E-state index contributed by atoms with van der Waals surface area (Å²) in [6.45, 7) is 6.13. The van der Waals surface area contributed by atoms with Crippen molar-refractivity contribution in [2.24, 2.45) is 0 Å². The molecule has 1 N–H and O–H groups in total. The van der Waals surface area contributed by atoms with Crippen molar-refractivity contribution in [1.29, 1.82) is 0 Å². The molecule has 2 aliphatic rings. The Bertz CT molecular complexity index is 1030. The van der Waals surface area contributed by atoms with Crippen LogP contribution in [0.15, 0.2) is 23.0 Å². The average Bonchev–Trinajstić information content (AvgIpc) is 2.88. The molecule has 0 spiro atoms. The van der Waals surface area contributed by atoms with E-state index in [0.29, 0.717) is 12.1 Å². The van der Waals surface area contributed by atoms with Crippen LogP contribution in [0, 0.1) is 13.8 Å². The molecular weight excluding hydrogens is 350 g/mol. The third-order valence-electron chi connectivity index (χ3n) is 5.81. The molecule has 7 heteroatoms. The summed E-state index contributed by atoms with van der Waals surface area (Å²) >= 11 is 0. The van der Waals surface area contributed by atoms with E-state index >= 15 is 0 Å². The molecule has 1 aromatic carbocycles. The summed E-state index contributed by atoms with van der Waals surface area (Å²) in [5, 5.41) is 1.03. The summed E-state index contributed by atoms with van der Waals surface area (Å²) in [6.07, 6.45) is 0. The minimum absolute atomic E-state index is 0.0257. The lowest BCUT2D eigenvalue weighted by molar-refractivity contribution is 0.0570. The van der Waals surface area contributed by atoms with Gasteiger partial charge < -0.3 is 4.98 Å². The second kappa shape index (κ2) is 6.18. The number of sulfone groups is 1. The molecule has 0 amide bonds. The van der Waals surface area contributed by atoms with Gasteiger partial charge in [0.05, 0.1) is 17.0 Å². The molecule has 6 nitrogen and oxygen atoms in total. The largest absolute Gasteiger partial charge is 0.321 e. The fourth-order valence-corrected chi connectivity index (χ4v) is 6.55. The number of rotatable bonds is 2. The number of piperazine rings is 1. The van der Waals surface area contributed by atoms with Crippen LogP contribution in [0.1, 0.15) is 16.7 Å². The summed E-state index contributed by atoms with van der Waals surface area (Å²) in [5.41, 5.74) is 3.72. The maximum absolute atomic E-state index is 12.6. The predicted molar refractivity (Wildman–Crippen MR) is 103 cm³/mol. The number of aromatic nitrogens is 1. The number of hydrogen-bond acceptors (Lipinski definition) is 5. The molecule has 2 aromatic rings. The molecule has 0 radical (unpaired) electrons. The Labute approximate surface area is 153 Å². The first-order valence-electron chi connectivity index (χ1n) is 9.01. The van der Waals surface area contributed by atoms with Gasteiger partial charge in [-0.25, -0.2) is 8.42 Å². The van der Waals surface area contributed by atoms with Gasteiger partial charge in [0.2, 0.25) is 0 Å². The van der Waals surface area contributed by atoms with Crippen molar-refractivity contribution in [3.05, 3.63) is 45.2 Å². The van der Waals surface area contributed by atoms with Gasteiger partial charge in [0.15, 0.2) is 9.84 Å². The zero-order valence-electron chi connectivity index (χ0n) is 15.4. The fraction of sp³-hybridized carbons (Fsp3) is 0.526. The van der Waals surface area contributed by atoms with Crippen LogP contribution in [0.4, 0.5) is 0 Å². The zero-order valence-corrected chi connectivity index (χ0v) is 16.3. The van der Waals surface area contributed by atoms with Crippen LogP contribution in [0.5, 0.6) is 0 Å². The Morgan fingerprint density at radius 1 is 1.12 bits per heavy atom. The summed E-state index contributed by atoms with van der Waals surface area (Å²) in [4.78, 5) is 20.0. The molecule has 0 bridgehead atoms. The number of aryl methyl sites for hydroxylation is 2. The summed E-state index contributed by atoms with van der Waals surface area (Å²) < 4.78 is 24.3. The molecule has 0 saturated carbocycles. The Morgan fingerprint density at radius 3 is 2.62 bits per heavy atom. The molecule has 0 unspecified atom stereocenters.